The Morgan fingerprint density at radius 1 is 1.35 bits per heavy atom. The highest BCUT2D eigenvalue weighted by Gasteiger charge is 2.04. The van der Waals surface area contributed by atoms with Crippen LogP contribution in [0.25, 0.3) is 11.4 Å². The largest absolute Gasteiger partial charge is 0.396 e. The Labute approximate surface area is 99.0 Å². The Kier molecular flexibility index (Phi) is 3.48. The van der Waals surface area contributed by atoms with Gasteiger partial charge in [-0.3, -0.25) is 4.98 Å². The monoisotopic (exact) mass is 228 g/mol. The van der Waals surface area contributed by atoms with Gasteiger partial charge in [0.15, 0.2) is 0 Å². The number of imidazole rings is 1. The van der Waals surface area contributed by atoms with E-state index in [2.05, 4.69) is 16.0 Å². The molecule has 0 amide bonds. The molecule has 0 saturated heterocycles. The fourth-order valence-corrected chi connectivity index (χ4v) is 1.51. The Morgan fingerprint density at radius 2 is 2.24 bits per heavy atom. The van der Waals surface area contributed by atoms with Gasteiger partial charge in [0.2, 0.25) is 0 Å². The van der Waals surface area contributed by atoms with Gasteiger partial charge in [-0.05, 0) is 18.6 Å². The zero-order valence-electron chi connectivity index (χ0n) is 9.24. The maximum absolute atomic E-state index is 8.80. The fourth-order valence-electron chi connectivity index (χ4n) is 1.51. The first-order chi connectivity index (χ1) is 8.33. The summed E-state index contributed by atoms with van der Waals surface area (Å²) in [5, 5.41) is 17.5. The van der Waals surface area contributed by atoms with Crippen LogP contribution in [0.2, 0.25) is 0 Å². The van der Waals surface area contributed by atoms with Gasteiger partial charge >= 0.3 is 0 Å². The van der Waals surface area contributed by atoms with Gasteiger partial charge in [-0.15, -0.1) is 0 Å². The van der Waals surface area contributed by atoms with Gasteiger partial charge < -0.3 is 9.67 Å². The van der Waals surface area contributed by atoms with E-state index in [1.54, 1.807) is 24.7 Å². The van der Waals surface area contributed by atoms with E-state index in [9.17, 15) is 0 Å². The lowest BCUT2D eigenvalue weighted by Crippen LogP contribution is -1.96. The molecule has 2 heterocycles. The molecule has 0 aliphatic carbocycles. The quantitative estimate of drug-likeness (QED) is 0.853. The van der Waals surface area contributed by atoms with Crippen LogP contribution >= 0.6 is 0 Å². The molecular formula is C12H12N4O. The zero-order valence-corrected chi connectivity index (χ0v) is 9.24. The average Bonchev–Trinajstić information content (AvgIpc) is 2.85. The minimum atomic E-state index is 0.162. The molecule has 2 aromatic heterocycles. The van der Waals surface area contributed by atoms with Crippen molar-refractivity contribution in [1.29, 1.82) is 5.26 Å². The second kappa shape index (κ2) is 5.23. The van der Waals surface area contributed by atoms with Crippen LogP contribution < -0.4 is 0 Å². The second-order valence-corrected chi connectivity index (χ2v) is 3.62. The molecule has 0 aromatic carbocycles. The second-order valence-electron chi connectivity index (χ2n) is 3.62. The van der Waals surface area contributed by atoms with Crippen molar-refractivity contribution in [3.05, 3.63) is 36.4 Å². The third kappa shape index (κ3) is 2.68. The van der Waals surface area contributed by atoms with Gasteiger partial charge in [-0.25, -0.2) is 4.98 Å². The summed E-state index contributed by atoms with van der Waals surface area (Å²) in [7, 11) is 0. The fraction of sp³-hybridized carbons (Fsp3) is 0.250. The van der Waals surface area contributed by atoms with Crippen LogP contribution in [0, 0.1) is 11.3 Å². The summed E-state index contributed by atoms with van der Waals surface area (Å²) in [4.78, 5) is 8.40. The van der Waals surface area contributed by atoms with E-state index in [0.29, 0.717) is 17.7 Å². The van der Waals surface area contributed by atoms with Crippen molar-refractivity contribution < 1.29 is 5.11 Å². The van der Waals surface area contributed by atoms with Gasteiger partial charge in [0, 0.05) is 25.5 Å². The first-order valence-corrected chi connectivity index (χ1v) is 5.32. The highest BCUT2D eigenvalue weighted by atomic mass is 16.3. The minimum Gasteiger partial charge on any atom is -0.396 e. The molecule has 0 aliphatic rings. The minimum absolute atomic E-state index is 0.162. The third-order valence-corrected chi connectivity index (χ3v) is 2.36. The molecule has 0 spiro atoms. The topological polar surface area (TPSA) is 74.7 Å². The lowest BCUT2D eigenvalue weighted by atomic mass is 10.2. The summed E-state index contributed by atoms with van der Waals surface area (Å²) in [6.45, 7) is 0.886. The number of aliphatic hydroxyl groups is 1. The lowest BCUT2D eigenvalue weighted by Gasteiger charge is -1.98. The number of rotatable bonds is 4. The average molecular weight is 228 g/mol. The van der Waals surface area contributed by atoms with E-state index in [1.807, 2.05) is 10.8 Å². The molecule has 5 heteroatoms. The van der Waals surface area contributed by atoms with Crippen LogP contribution in [-0.4, -0.2) is 26.2 Å². The van der Waals surface area contributed by atoms with Crippen molar-refractivity contribution in [3.63, 3.8) is 0 Å². The third-order valence-electron chi connectivity index (χ3n) is 2.36. The Balaban J connectivity index is 2.21. The maximum Gasteiger partial charge on any atom is 0.107 e. The Hall–Kier alpha value is -2.19. The van der Waals surface area contributed by atoms with Crippen molar-refractivity contribution >= 4 is 0 Å². The predicted molar refractivity (Wildman–Crippen MR) is 61.9 cm³/mol. The van der Waals surface area contributed by atoms with Crippen molar-refractivity contribution in [2.45, 2.75) is 13.0 Å². The molecule has 2 rings (SSSR count). The molecule has 0 bridgehead atoms. The normalized spacial score (nSPS) is 10.1. The van der Waals surface area contributed by atoms with Crippen LogP contribution in [-0.2, 0) is 6.54 Å². The number of hydrogen-bond donors (Lipinski definition) is 1. The standard InChI is InChI=1S/C12H12N4O/c13-7-10-2-3-14-11(6-10)12-8-16(9-15-12)4-1-5-17/h2-3,6,8-9,17H,1,4-5H2. The van der Waals surface area contributed by atoms with E-state index in [4.69, 9.17) is 10.4 Å². The van der Waals surface area contributed by atoms with Gasteiger partial charge in [-0.1, -0.05) is 0 Å². The Morgan fingerprint density at radius 3 is 3.00 bits per heavy atom. The number of nitrogens with zero attached hydrogens (tertiary/aromatic N) is 4. The molecule has 0 fully saturated rings. The summed E-state index contributed by atoms with van der Waals surface area (Å²) < 4.78 is 1.90. The van der Waals surface area contributed by atoms with Crippen LogP contribution in [0.3, 0.4) is 0 Å². The van der Waals surface area contributed by atoms with Crippen molar-refractivity contribution in [3.8, 4) is 17.5 Å². The molecule has 0 aliphatic heterocycles. The number of pyridine rings is 1. The summed E-state index contributed by atoms with van der Waals surface area (Å²) in [5.74, 6) is 0. The number of nitriles is 1. The van der Waals surface area contributed by atoms with Crippen molar-refractivity contribution in [2.24, 2.45) is 0 Å². The Bertz CT molecular complexity index is 541. The van der Waals surface area contributed by atoms with Gasteiger partial charge in [0.25, 0.3) is 0 Å². The number of aliphatic hydroxyl groups excluding tert-OH is 1. The van der Waals surface area contributed by atoms with E-state index >= 15 is 0 Å². The maximum atomic E-state index is 8.80. The van der Waals surface area contributed by atoms with Crippen LogP contribution in [0.15, 0.2) is 30.9 Å². The molecule has 86 valence electrons. The van der Waals surface area contributed by atoms with Gasteiger partial charge in [0.1, 0.15) is 5.69 Å². The zero-order chi connectivity index (χ0) is 12.1. The first kappa shape index (κ1) is 11.3. The lowest BCUT2D eigenvalue weighted by molar-refractivity contribution is 0.280. The summed E-state index contributed by atoms with van der Waals surface area (Å²) in [6, 6.07) is 5.44. The van der Waals surface area contributed by atoms with E-state index in [0.717, 1.165) is 12.2 Å². The number of aryl methyl sites for hydroxylation is 1. The SMILES string of the molecule is N#Cc1ccnc(-c2cn(CCCO)cn2)c1. The molecule has 0 atom stereocenters. The molecular weight excluding hydrogens is 216 g/mol. The first-order valence-electron chi connectivity index (χ1n) is 5.32. The molecule has 17 heavy (non-hydrogen) atoms. The van der Waals surface area contributed by atoms with Crippen molar-refractivity contribution in [2.75, 3.05) is 6.61 Å². The number of hydrogen-bond acceptors (Lipinski definition) is 4. The van der Waals surface area contributed by atoms with E-state index < -0.39 is 0 Å². The number of aromatic nitrogens is 3. The van der Waals surface area contributed by atoms with E-state index in [1.165, 1.54) is 0 Å². The highest BCUT2D eigenvalue weighted by Crippen LogP contribution is 2.15. The molecule has 2 aromatic rings. The van der Waals surface area contributed by atoms with Gasteiger partial charge in [-0.2, -0.15) is 5.26 Å². The molecule has 0 saturated carbocycles. The summed E-state index contributed by atoms with van der Waals surface area (Å²) in [5.41, 5.74) is 1.99. The summed E-state index contributed by atoms with van der Waals surface area (Å²) in [6.07, 6.45) is 5.85. The van der Waals surface area contributed by atoms with Crippen LogP contribution in [0.5, 0.6) is 0 Å². The van der Waals surface area contributed by atoms with Crippen molar-refractivity contribution in [1.82, 2.24) is 14.5 Å². The molecule has 0 unspecified atom stereocenters. The van der Waals surface area contributed by atoms with Gasteiger partial charge in [0.05, 0.1) is 23.7 Å². The molecule has 0 radical (unpaired) electrons. The van der Waals surface area contributed by atoms with E-state index in [-0.39, 0.29) is 6.61 Å². The molecule has 5 nitrogen and oxygen atoms in total. The predicted octanol–water partition coefficient (Wildman–Crippen LogP) is 1.20. The highest BCUT2D eigenvalue weighted by molar-refractivity contribution is 5.55. The summed E-state index contributed by atoms with van der Waals surface area (Å²) >= 11 is 0. The smallest absolute Gasteiger partial charge is 0.107 e. The van der Waals surface area contributed by atoms with Crippen LogP contribution in [0.4, 0.5) is 0 Å². The molecule has 1 N–H and O–H groups in total. The van der Waals surface area contributed by atoms with Crippen LogP contribution in [0.1, 0.15) is 12.0 Å².